The summed E-state index contributed by atoms with van der Waals surface area (Å²) in [6.07, 6.45) is 5.19. The second-order valence-corrected chi connectivity index (χ2v) is 5.89. The van der Waals surface area contributed by atoms with Crippen molar-refractivity contribution in [1.82, 2.24) is 24.6 Å². The second kappa shape index (κ2) is 8.46. The van der Waals surface area contributed by atoms with Crippen LogP contribution in [0.3, 0.4) is 0 Å². The summed E-state index contributed by atoms with van der Waals surface area (Å²) in [7, 11) is 0. The van der Waals surface area contributed by atoms with Crippen molar-refractivity contribution in [2.24, 2.45) is 5.73 Å². The summed E-state index contributed by atoms with van der Waals surface area (Å²) in [5.74, 6) is 1.09. The quantitative estimate of drug-likeness (QED) is 0.773. The zero-order chi connectivity index (χ0) is 15.1. The molecule has 0 radical (unpaired) electrons. The lowest BCUT2D eigenvalue weighted by Gasteiger charge is -2.38. The lowest BCUT2D eigenvalue weighted by Crippen LogP contribution is -2.52. The Labute approximate surface area is 128 Å². The third kappa shape index (κ3) is 4.49. The van der Waals surface area contributed by atoms with Gasteiger partial charge in [-0.15, -0.1) is 0 Å². The monoisotopic (exact) mass is 294 g/mol. The van der Waals surface area contributed by atoms with Gasteiger partial charge in [0.15, 0.2) is 0 Å². The van der Waals surface area contributed by atoms with E-state index in [1.807, 2.05) is 4.68 Å². The fourth-order valence-electron chi connectivity index (χ4n) is 3.08. The van der Waals surface area contributed by atoms with E-state index in [-0.39, 0.29) is 0 Å². The van der Waals surface area contributed by atoms with E-state index in [4.69, 9.17) is 5.73 Å². The Hall–Kier alpha value is -0.980. The van der Waals surface area contributed by atoms with Crippen LogP contribution in [0, 0.1) is 0 Å². The molecule has 0 aliphatic carbocycles. The topological polar surface area (TPSA) is 63.2 Å². The van der Waals surface area contributed by atoms with Crippen molar-refractivity contribution in [3.63, 3.8) is 0 Å². The molecule has 1 aromatic heterocycles. The maximum Gasteiger partial charge on any atom is 0.141 e. The minimum atomic E-state index is 0.556. The Morgan fingerprint density at radius 3 is 2.57 bits per heavy atom. The van der Waals surface area contributed by atoms with Crippen molar-refractivity contribution >= 4 is 0 Å². The molecule has 1 atom stereocenters. The smallest absolute Gasteiger partial charge is 0.141 e. The van der Waals surface area contributed by atoms with E-state index in [1.54, 1.807) is 6.33 Å². The Bertz CT molecular complexity index is 397. The van der Waals surface area contributed by atoms with Crippen molar-refractivity contribution < 1.29 is 0 Å². The average molecular weight is 294 g/mol. The summed E-state index contributed by atoms with van der Waals surface area (Å²) in [5, 5.41) is 4.30. The van der Waals surface area contributed by atoms with E-state index >= 15 is 0 Å². The van der Waals surface area contributed by atoms with Gasteiger partial charge in [-0.05, 0) is 12.8 Å². The first-order valence-corrected chi connectivity index (χ1v) is 8.31. The number of aryl methyl sites for hydroxylation is 1. The third-order valence-corrected chi connectivity index (χ3v) is 4.31. The summed E-state index contributed by atoms with van der Waals surface area (Å²) in [5.41, 5.74) is 5.91. The van der Waals surface area contributed by atoms with Gasteiger partial charge in [0.25, 0.3) is 0 Å². The normalized spacial score (nSPS) is 19.0. The number of aromatic nitrogens is 3. The highest BCUT2D eigenvalue weighted by Crippen LogP contribution is 2.12. The predicted octanol–water partition coefficient (Wildman–Crippen LogP) is 0.933. The highest BCUT2D eigenvalue weighted by atomic mass is 15.4. The molecule has 2 heterocycles. The summed E-state index contributed by atoms with van der Waals surface area (Å²) < 4.78 is 2.03. The molecule has 2 N–H and O–H groups in total. The van der Waals surface area contributed by atoms with E-state index in [1.165, 1.54) is 12.8 Å². The van der Waals surface area contributed by atoms with Crippen LogP contribution in [-0.2, 0) is 13.1 Å². The lowest BCUT2D eigenvalue weighted by atomic mass is 10.1. The van der Waals surface area contributed by atoms with Crippen molar-refractivity contribution in [2.45, 2.75) is 52.2 Å². The number of hydrogen-bond acceptors (Lipinski definition) is 5. The summed E-state index contributed by atoms with van der Waals surface area (Å²) in [6.45, 7) is 11.5. The number of rotatable bonds is 8. The molecule has 0 bridgehead atoms. The molecule has 0 aromatic carbocycles. The van der Waals surface area contributed by atoms with Crippen molar-refractivity contribution in [3.05, 3.63) is 12.2 Å². The summed E-state index contributed by atoms with van der Waals surface area (Å²) in [4.78, 5) is 9.44. The Balaban J connectivity index is 1.82. The predicted molar refractivity (Wildman–Crippen MR) is 84.9 cm³/mol. The molecular weight excluding hydrogens is 264 g/mol. The number of hydrogen-bond donors (Lipinski definition) is 1. The first-order valence-electron chi connectivity index (χ1n) is 8.31. The van der Waals surface area contributed by atoms with E-state index < -0.39 is 0 Å². The van der Waals surface area contributed by atoms with Crippen molar-refractivity contribution in [2.75, 3.05) is 32.7 Å². The van der Waals surface area contributed by atoms with Crippen molar-refractivity contribution in [1.29, 1.82) is 0 Å². The molecule has 1 aliphatic rings. The molecule has 1 fully saturated rings. The van der Waals surface area contributed by atoms with Gasteiger partial charge in [0.2, 0.25) is 0 Å². The first-order chi connectivity index (χ1) is 10.3. The zero-order valence-electron chi connectivity index (χ0n) is 13.5. The molecular formula is C15H30N6. The molecule has 0 saturated carbocycles. The molecule has 21 heavy (non-hydrogen) atoms. The van der Waals surface area contributed by atoms with Gasteiger partial charge >= 0.3 is 0 Å². The Morgan fingerprint density at radius 1 is 1.19 bits per heavy atom. The Kier molecular flexibility index (Phi) is 6.60. The zero-order valence-corrected chi connectivity index (χ0v) is 13.5. The minimum Gasteiger partial charge on any atom is -0.329 e. The van der Waals surface area contributed by atoms with Gasteiger partial charge in [0.05, 0.1) is 6.54 Å². The fraction of sp³-hybridized carbons (Fsp3) is 0.867. The fourth-order valence-corrected chi connectivity index (χ4v) is 3.08. The molecule has 0 spiro atoms. The Morgan fingerprint density at radius 2 is 1.95 bits per heavy atom. The van der Waals surface area contributed by atoms with Gasteiger partial charge in [-0.25, -0.2) is 9.67 Å². The largest absolute Gasteiger partial charge is 0.329 e. The average Bonchev–Trinajstić information content (AvgIpc) is 2.93. The SMILES string of the molecule is CCCC(CN)N1CCN(Cc2ncnn2CCC)CC1. The maximum atomic E-state index is 5.91. The van der Waals surface area contributed by atoms with Gasteiger partial charge in [0.1, 0.15) is 12.2 Å². The molecule has 2 rings (SSSR count). The van der Waals surface area contributed by atoms with Crippen molar-refractivity contribution in [3.8, 4) is 0 Å². The molecule has 1 aromatic rings. The van der Waals surface area contributed by atoms with Crippen LogP contribution >= 0.6 is 0 Å². The molecule has 120 valence electrons. The third-order valence-electron chi connectivity index (χ3n) is 4.31. The minimum absolute atomic E-state index is 0.556. The van der Waals surface area contributed by atoms with Crippen LogP contribution < -0.4 is 5.73 Å². The van der Waals surface area contributed by atoms with Crippen LogP contribution in [0.15, 0.2) is 6.33 Å². The lowest BCUT2D eigenvalue weighted by molar-refractivity contribution is 0.0880. The second-order valence-electron chi connectivity index (χ2n) is 5.89. The molecule has 1 unspecified atom stereocenters. The van der Waals surface area contributed by atoms with Crippen LogP contribution in [0.4, 0.5) is 0 Å². The van der Waals surface area contributed by atoms with Gasteiger partial charge in [-0.2, -0.15) is 5.10 Å². The number of nitrogens with two attached hydrogens (primary N) is 1. The van der Waals surface area contributed by atoms with Crippen LogP contribution in [0.5, 0.6) is 0 Å². The molecule has 0 amide bonds. The van der Waals surface area contributed by atoms with E-state index in [9.17, 15) is 0 Å². The van der Waals surface area contributed by atoms with E-state index in [0.29, 0.717) is 6.04 Å². The van der Waals surface area contributed by atoms with Gasteiger partial charge < -0.3 is 5.73 Å². The van der Waals surface area contributed by atoms with Gasteiger partial charge in [0, 0.05) is 45.3 Å². The molecule has 1 saturated heterocycles. The summed E-state index contributed by atoms with van der Waals surface area (Å²) >= 11 is 0. The van der Waals surface area contributed by atoms with Crippen LogP contribution in [0.2, 0.25) is 0 Å². The summed E-state index contributed by atoms with van der Waals surface area (Å²) in [6, 6.07) is 0.556. The number of piperazine rings is 1. The molecule has 6 heteroatoms. The van der Waals surface area contributed by atoms with Crippen LogP contribution in [0.25, 0.3) is 0 Å². The van der Waals surface area contributed by atoms with E-state index in [0.717, 1.165) is 58.1 Å². The highest BCUT2D eigenvalue weighted by molar-refractivity contribution is 4.87. The highest BCUT2D eigenvalue weighted by Gasteiger charge is 2.23. The molecule has 1 aliphatic heterocycles. The maximum absolute atomic E-state index is 5.91. The van der Waals surface area contributed by atoms with E-state index in [2.05, 4.69) is 33.7 Å². The molecule has 6 nitrogen and oxygen atoms in total. The number of nitrogens with zero attached hydrogens (tertiary/aromatic N) is 5. The van der Waals surface area contributed by atoms with Gasteiger partial charge in [-0.3, -0.25) is 9.80 Å². The first kappa shape index (κ1) is 16.4. The van der Waals surface area contributed by atoms with Gasteiger partial charge in [-0.1, -0.05) is 20.3 Å². The van der Waals surface area contributed by atoms with Crippen LogP contribution in [-0.4, -0.2) is 63.3 Å². The standard InChI is InChI=1S/C15H30N6/c1-3-5-14(11-16)20-9-7-19(8-10-20)12-15-17-13-18-21(15)6-4-2/h13-14H,3-12,16H2,1-2H3. The van der Waals surface area contributed by atoms with Crippen LogP contribution in [0.1, 0.15) is 38.9 Å².